The van der Waals surface area contributed by atoms with Gasteiger partial charge in [-0.3, -0.25) is 4.98 Å². The van der Waals surface area contributed by atoms with Gasteiger partial charge in [-0.1, -0.05) is 69.1 Å². The van der Waals surface area contributed by atoms with Crippen LogP contribution in [0.3, 0.4) is 0 Å². The van der Waals surface area contributed by atoms with Crippen LogP contribution in [-0.2, 0) is 5.41 Å². The number of aromatic nitrogens is 1. The lowest BCUT2D eigenvalue weighted by Gasteiger charge is -2.22. The van der Waals surface area contributed by atoms with Gasteiger partial charge in [0.1, 0.15) is 0 Å². The fourth-order valence-corrected chi connectivity index (χ4v) is 5.59. The number of pyridine rings is 1. The van der Waals surface area contributed by atoms with Crippen LogP contribution in [0.2, 0.25) is 0 Å². The monoisotopic (exact) mass is 426 g/mol. The Kier molecular flexibility index (Phi) is 2.44. The van der Waals surface area contributed by atoms with Gasteiger partial charge in [0.2, 0.25) is 0 Å². The molecule has 0 aliphatic heterocycles. The number of benzene rings is 4. The summed E-state index contributed by atoms with van der Waals surface area (Å²) in [6, 6.07) is 24.1. The highest BCUT2D eigenvalue weighted by Gasteiger charge is 2.20. The lowest BCUT2D eigenvalue weighted by Crippen LogP contribution is -2.12. The summed E-state index contributed by atoms with van der Waals surface area (Å²) in [5.41, 5.74) is -2.40. The van der Waals surface area contributed by atoms with Gasteiger partial charge in [-0.15, -0.1) is 11.3 Å². The highest BCUT2D eigenvalue weighted by atomic mass is 32.1. The second kappa shape index (κ2) is 6.63. The summed E-state index contributed by atoms with van der Waals surface area (Å²) >= 11 is 1.54. The molecule has 2 aromatic heterocycles. The molecule has 2 heteroatoms. The summed E-state index contributed by atoms with van der Waals surface area (Å²) in [4.78, 5) is 4.65. The van der Waals surface area contributed by atoms with Gasteiger partial charge in [0, 0.05) is 39.6 Å². The molecule has 0 aliphatic carbocycles. The number of thiophene rings is 1. The van der Waals surface area contributed by atoms with Gasteiger partial charge in [0.25, 0.3) is 0 Å². The zero-order chi connectivity index (χ0) is 28.7. The normalized spacial score (nSPS) is 17.9. The van der Waals surface area contributed by atoms with E-state index in [1.165, 1.54) is 17.4 Å². The third-order valence-electron chi connectivity index (χ3n) is 5.79. The van der Waals surface area contributed by atoms with E-state index in [4.69, 9.17) is 12.3 Å². The predicted octanol–water partition coefficient (Wildman–Crippen LogP) is 8.72. The second-order valence-electron chi connectivity index (χ2n) is 7.83. The van der Waals surface area contributed by atoms with Crippen molar-refractivity contribution in [2.45, 2.75) is 26.0 Å². The van der Waals surface area contributed by atoms with E-state index < -0.39 is 26.0 Å². The van der Waals surface area contributed by atoms with Crippen molar-refractivity contribution in [2.75, 3.05) is 0 Å². The van der Waals surface area contributed by atoms with Crippen LogP contribution in [0.1, 0.15) is 38.5 Å². The number of hydrogen-bond donors (Lipinski definition) is 0. The number of nitrogens with zero attached hydrogens (tertiary/aromatic N) is 1. The molecule has 150 valence electrons. The van der Waals surface area contributed by atoms with Crippen molar-refractivity contribution < 1.29 is 12.3 Å². The molecule has 0 unspecified atom stereocenters. The van der Waals surface area contributed by atoms with Crippen LogP contribution in [0.25, 0.3) is 53.0 Å². The highest BCUT2D eigenvalue weighted by molar-refractivity contribution is 7.26. The van der Waals surface area contributed by atoms with E-state index in [0.29, 0.717) is 16.6 Å². The molecule has 0 bridgehead atoms. The van der Waals surface area contributed by atoms with Gasteiger partial charge in [0.05, 0.1) is 10.4 Å². The summed E-state index contributed by atoms with van der Waals surface area (Å²) in [5.74, 6) is 0. The van der Waals surface area contributed by atoms with Crippen molar-refractivity contribution in [1.82, 2.24) is 4.98 Å². The fourth-order valence-electron chi connectivity index (χ4n) is 4.35. The van der Waals surface area contributed by atoms with Crippen LogP contribution in [0.5, 0.6) is 0 Å². The first-order valence-corrected chi connectivity index (χ1v) is 10.8. The molecule has 0 aliphatic rings. The third kappa shape index (κ3) is 2.94. The standard InChI is InChI=1S/C29H23NS/c1-29(2,3)25-16-21(14-20-10-6-7-11-22(20)25)27-28-23(12-13-30-27)24-15-18-8-4-5-9-19(18)17-26(24)31-28/h4-17H,1-3H3/i1D3,2D3,3D3. The van der Waals surface area contributed by atoms with Crippen LogP contribution in [0.4, 0.5) is 0 Å². The van der Waals surface area contributed by atoms with Crippen LogP contribution in [-0.4, -0.2) is 4.98 Å². The number of fused-ring (bicyclic) bond motifs is 5. The molecule has 0 spiro atoms. The third-order valence-corrected chi connectivity index (χ3v) is 6.97. The Hall–Kier alpha value is -3.23. The molecular formula is C29H23NS. The minimum atomic E-state index is -3.37. The van der Waals surface area contributed by atoms with E-state index in [2.05, 4.69) is 17.1 Å². The lowest BCUT2D eigenvalue weighted by molar-refractivity contribution is 0.596. The molecule has 1 nitrogen and oxygen atoms in total. The van der Waals surface area contributed by atoms with Crippen LogP contribution in [0.15, 0.2) is 85.1 Å². The van der Waals surface area contributed by atoms with Crippen molar-refractivity contribution in [3.05, 3.63) is 90.6 Å². The van der Waals surface area contributed by atoms with Gasteiger partial charge in [-0.2, -0.15) is 0 Å². The maximum Gasteiger partial charge on any atom is 0.0880 e. The predicted molar refractivity (Wildman–Crippen MR) is 136 cm³/mol. The number of hydrogen-bond acceptors (Lipinski definition) is 2. The fraction of sp³-hybridized carbons (Fsp3) is 0.138. The SMILES string of the molecule is [2H]C([2H])([2H])C(c1cc(-c2nccc3c2sc2cc4ccccc4cc23)cc2ccccc12)(C([2H])([2H])[2H])C([2H])([2H])[2H]. The number of rotatable bonds is 1. The summed E-state index contributed by atoms with van der Waals surface area (Å²) in [7, 11) is 0. The highest BCUT2D eigenvalue weighted by Crippen LogP contribution is 2.42. The average molecular weight is 427 g/mol. The van der Waals surface area contributed by atoms with Crippen molar-refractivity contribution in [3.8, 4) is 11.3 Å². The molecule has 0 fully saturated rings. The summed E-state index contributed by atoms with van der Waals surface area (Å²) in [6.45, 7) is -10.1. The zero-order valence-electron chi connectivity index (χ0n) is 25.4. The molecular weight excluding hydrogens is 394 g/mol. The van der Waals surface area contributed by atoms with Crippen LogP contribution in [0, 0.1) is 0 Å². The molecule has 31 heavy (non-hydrogen) atoms. The van der Waals surface area contributed by atoms with E-state index in [0.717, 1.165) is 30.9 Å². The smallest absolute Gasteiger partial charge is 0.0880 e. The summed E-state index contributed by atoms with van der Waals surface area (Å²) < 4.78 is 76.7. The van der Waals surface area contributed by atoms with Crippen molar-refractivity contribution in [1.29, 1.82) is 0 Å². The molecule has 6 rings (SSSR count). The van der Waals surface area contributed by atoms with Gasteiger partial charge in [-0.25, -0.2) is 0 Å². The van der Waals surface area contributed by atoms with E-state index in [9.17, 15) is 0 Å². The summed E-state index contributed by atoms with van der Waals surface area (Å²) in [5, 5.41) is 5.00. The Morgan fingerprint density at radius 3 is 2.29 bits per heavy atom. The first-order valence-electron chi connectivity index (χ1n) is 14.5. The summed E-state index contributed by atoms with van der Waals surface area (Å²) in [6.07, 6.45) is 1.67. The zero-order valence-corrected chi connectivity index (χ0v) is 17.3. The van der Waals surface area contributed by atoms with Crippen molar-refractivity contribution >= 4 is 53.1 Å². The maximum atomic E-state index is 8.31. The molecule has 0 saturated carbocycles. The molecule has 4 aromatic carbocycles. The van der Waals surface area contributed by atoms with Gasteiger partial charge >= 0.3 is 0 Å². The van der Waals surface area contributed by atoms with Gasteiger partial charge < -0.3 is 0 Å². The van der Waals surface area contributed by atoms with Crippen molar-refractivity contribution in [2.24, 2.45) is 0 Å². The van der Waals surface area contributed by atoms with E-state index in [-0.39, 0.29) is 10.9 Å². The maximum absolute atomic E-state index is 8.31. The molecule has 0 saturated heterocycles. The Labute approximate surface area is 198 Å². The molecule has 2 heterocycles. The van der Waals surface area contributed by atoms with Crippen LogP contribution < -0.4 is 0 Å². The van der Waals surface area contributed by atoms with E-state index >= 15 is 0 Å². The van der Waals surface area contributed by atoms with Crippen molar-refractivity contribution in [3.63, 3.8) is 0 Å². The molecule has 0 atom stereocenters. The van der Waals surface area contributed by atoms with Crippen LogP contribution >= 0.6 is 11.3 Å². The molecule has 0 amide bonds. The van der Waals surface area contributed by atoms with Gasteiger partial charge in [-0.05, 0) is 62.9 Å². The minimum Gasteiger partial charge on any atom is -0.255 e. The van der Waals surface area contributed by atoms with E-state index in [1.54, 1.807) is 30.5 Å². The molecule has 6 aromatic rings. The lowest BCUT2D eigenvalue weighted by atomic mass is 9.82. The Balaban J connectivity index is 1.73. The topological polar surface area (TPSA) is 12.9 Å². The Bertz CT molecular complexity index is 1890. The molecule has 0 N–H and O–H groups in total. The largest absolute Gasteiger partial charge is 0.255 e. The minimum absolute atomic E-state index is 0.258. The van der Waals surface area contributed by atoms with Gasteiger partial charge in [0.15, 0.2) is 0 Å². The molecule has 0 radical (unpaired) electrons. The van der Waals surface area contributed by atoms with E-state index in [1.807, 2.05) is 36.4 Å². The Morgan fingerprint density at radius 2 is 1.48 bits per heavy atom. The average Bonchev–Trinajstić information content (AvgIpc) is 3.22. The first kappa shape index (κ1) is 11.4. The first-order chi connectivity index (χ1) is 18.7. The second-order valence-corrected chi connectivity index (χ2v) is 8.88. The Morgan fingerprint density at radius 1 is 0.742 bits per heavy atom. The quantitative estimate of drug-likeness (QED) is 0.256.